The second-order valence-electron chi connectivity index (χ2n) is 16.9. The van der Waals surface area contributed by atoms with E-state index < -0.39 is 19.7 Å². The number of anilines is 5. The van der Waals surface area contributed by atoms with E-state index in [0.29, 0.717) is 60.1 Å². The summed E-state index contributed by atoms with van der Waals surface area (Å²) < 4.78 is 53.2. The van der Waals surface area contributed by atoms with Crippen LogP contribution in [0.2, 0.25) is 0 Å². The monoisotopic (exact) mass is 976 g/mol. The molecule has 0 aliphatic heterocycles. The van der Waals surface area contributed by atoms with E-state index in [9.17, 15) is 22.1 Å². The van der Waals surface area contributed by atoms with Crippen molar-refractivity contribution in [2.75, 3.05) is 22.7 Å². The minimum atomic E-state index is -3.51. The standard InChI is InChI=1S/C50H44N10O4S4/c1-27-19-29(3)43(30(4)20-27)55-47-44(31(5)23-42(54-47)59(46-32(6)21-28(2)22-33(46)7)49-52-38-24-35(67(8,61)62)15-17-40(38)65-49)56-57-48-37(26-51)45(34-13-11-10-12-14-34)58-60(48)50-53-39-25-36(68(9,63)64)16-18-41(39)66-50/h10-25H,1-9H3,(H,54,55). The highest BCUT2D eigenvalue weighted by atomic mass is 32.2. The molecule has 5 aromatic carbocycles. The summed E-state index contributed by atoms with van der Waals surface area (Å²) in [6.07, 6.45) is 2.33. The lowest BCUT2D eigenvalue weighted by molar-refractivity contribution is 0.600. The summed E-state index contributed by atoms with van der Waals surface area (Å²) in [7, 11) is -7.00. The molecular weight excluding hydrogens is 933 g/mol. The number of azo groups is 1. The van der Waals surface area contributed by atoms with Crippen molar-refractivity contribution in [3.05, 3.63) is 142 Å². The van der Waals surface area contributed by atoms with Crippen LogP contribution in [-0.2, 0) is 19.7 Å². The van der Waals surface area contributed by atoms with E-state index in [1.165, 1.54) is 39.7 Å². The van der Waals surface area contributed by atoms with Gasteiger partial charge in [0.05, 0.1) is 35.9 Å². The second-order valence-corrected chi connectivity index (χ2v) is 23.0. The van der Waals surface area contributed by atoms with Crippen molar-refractivity contribution >= 4 is 102 Å². The van der Waals surface area contributed by atoms with E-state index >= 15 is 0 Å². The Kier molecular flexibility index (Phi) is 11.8. The lowest BCUT2D eigenvalue weighted by atomic mass is 10.0. The third-order valence-electron chi connectivity index (χ3n) is 11.4. The number of benzene rings is 5. The Balaban J connectivity index is 1.27. The fourth-order valence-corrected chi connectivity index (χ4v) is 11.5. The zero-order valence-corrected chi connectivity index (χ0v) is 41.8. The zero-order valence-electron chi connectivity index (χ0n) is 38.5. The molecule has 9 rings (SSSR count). The van der Waals surface area contributed by atoms with Crippen LogP contribution in [-0.4, -0.2) is 54.1 Å². The van der Waals surface area contributed by atoms with Crippen LogP contribution in [0, 0.1) is 59.8 Å². The van der Waals surface area contributed by atoms with E-state index in [1.807, 2.05) is 89.8 Å². The Labute approximate surface area is 402 Å². The average molecular weight is 977 g/mol. The van der Waals surface area contributed by atoms with Crippen molar-refractivity contribution in [2.24, 2.45) is 10.2 Å². The van der Waals surface area contributed by atoms with Crippen LogP contribution in [0.1, 0.15) is 44.5 Å². The zero-order chi connectivity index (χ0) is 48.4. The first-order chi connectivity index (χ1) is 32.3. The highest BCUT2D eigenvalue weighted by Gasteiger charge is 2.27. The van der Waals surface area contributed by atoms with Gasteiger partial charge in [-0.2, -0.15) is 15.0 Å². The number of hydrogen-bond acceptors (Lipinski definition) is 15. The normalized spacial score (nSPS) is 12.1. The van der Waals surface area contributed by atoms with Crippen molar-refractivity contribution in [3.63, 3.8) is 0 Å². The number of aryl methyl sites for hydroxylation is 7. The number of nitrogens with one attached hydrogen (secondary N) is 1. The first-order valence-electron chi connectivity index (χ1n) is 21.2. The van der Waals surface area contributed by atoms with Crippen LogP contribution in [0.5, 0.6) is 0 Å². The van der Waals surface area contributed by atoms with E-state index in [4.69, 9.17) is 30.3 Å². The first-order valence-corrected chi connectivity index (χ1v) is 26.7. The van der Waals surface area contributed by atoms with Gasteiger partial charge in [0.25, 0.3) is 0 Å². The second kappa shape index (κ2) is 17.5. The van der Waals surface area contributed by atoms with Gasteiger partial charge in [-0.05, 0) is 119 Å². The van der Waals surface area contributed by atoms with Crippen molar-refractivity contribution in [3.8, 4) is 22.5 Å². The van der Waals surface area contributed by atoms with Crippen LogP contribution in [0.15, 0.2) is 117 Å². The minimum Gasteiger partial charge on any atom is -0.338 e. The van der Waals surface area contributed by atoms with Gasteiger partial charge in [0.2, 0.25) is 5.13 Å². The third kappa shape index (κ3) is 8.76. The lowest BCUT2D eigenvalue weighted by Crippen LogP contribution is -2.15. The van der Waals surface area contributed by atoms with Crippen LogP contribution >= 0.6 is 22.7 Å². The Morgan fingerprint density at radius 3 is 1.82 bits per heavy atom. The van der Waals surface area contributed by atoms with Crippen molar-refractivity contribution in [1.82, 2.24) is 24.7 Å². The Hall–Kier alpha value is -7.17. The number of pyridine rings is 1. The van der Waals surface area contributed by atoms with Gasteiger partial charge < -0.3 is 5.32 Å². The summed E-state index contributed by atoms with van der Waals surface area (Å²) in [6, 6.07) is 31.6. The molecule has 0 aliphatic carbocycles. The SMILES string of the molecule is Cc1cc(C)c(Nc2nc(N(c3nc4cc(S(C)(=O)=O)ccc4s3)c3c(C)cc(C)cc3C)cc(C)c2N=Nc2c(C#N)c(-c3ccccc3)nn2-c2nc3cc(S(C)(=O)=O)ccc3s2)c(C)c1. The Morgan fingerprint density at radius 2 is 1.24 bits per heavy atom. The largest absolute Gasteiger partial charge is 0.338 e. The molecule has 14 nitrogen and oxygen atoms in total. The Morgan fingerprint density at radius 1 is 0.662 bits per heavy atom. The van der Waals surface area contributed by atoms with Gasteiger partial charge in [-0.1, -0.05) is 88.4 Å². The highest BCUT2D eigenvalue weighted by Crippen LogP contribution is 2.46. The third-order valence-corrected chi connectivity index (χ3v) is 15.6. The molecule has 342 valence electrons. The topological polar surface area (TPSA) is 189 Å². The first kappa shape index (κ1) is 46.0. The number of aromatic nitrogens is 5. The molecule has 0 spiro atoms. The maximum atomic E-state index is 12.6. The lowest BCUT2D eigenvalue weighted by Gasteiger charge is -2.27. The number of nitriles is 1. The van der Waals surface area contributed by atoms with Crippen molar-refractivity contribution in [1.29, 1.82) is 5.26 Å². The molecule has 4 heterocycles. The molecule has 0 saturated heterocycles. The number of thiazole rings is 2. The van der Waals surface area contributed by atoms with Crippen molar-refractivity contribution < 1.29 is 16.8 Å². The molecule has 0 bridgehead atoms. The summed E-state index contributed by atoms with van der Waals surface area (Å²) in [5, 5.41) is 30.0. The van der Waals surface area contributed by atoms with E-state index in [-0.39, 0.29) is 21.2 Å². The van der Waals surface area contributed by atoms with Gasteiger partial charge in [-0.3, -0.25) is 4.90 Å². The van der Waals surface area contributed by atoms with Gasteiger partial charge in [0, 0.05) is 23.8 Å². The smallest absolute Gasteiger partial charge is 0.213 e. The molecule has 1 N–H and O–H groups in total. The molecule has 0 aliphatic rings. The van der Waals surface area contributed by atoms with Crippen molar-refractivity contribution in [2.45, 2.75) is 58.3 Å². The van der Waals surface area contributed by atoms with Crippen LogP contribution < -0.4 is 10.2 Å². The highest BCUT2D eigenvalue weighted by molar-refractivity contribution is 7.91. The van der Waals surface area contributed by atoms with Gasteiger partial charge in [-0.25, -0.2) is 31.8 Å². The maximum absolute atomic E-state index is 12.6. The molecule has 18 heteroatoms. The number of fused-ring (bicyclic) bond motifs is 2. The summed E-state index contributed by atoms with van der Waals surface area (Å²) in [6.45, 7) is 14.1. The van der Waals surface area contributed by atoms with Crippen LogP contribution in [0.4, 0.5) is 39.6 Å². The van der Waals surface area contributed by atoms with E-state index in [1.54, 1.807) is 30.3 Å². The summed E-state index contributed by atoms with van der Waals surface area (Å²) in [5.41, 5.74) is 11.1. The number of hydrogen-bond donors (Lipinski definition) is 1. The van der Waals surface area contributed by atoms with Crippen LogP contribution in [0.25, 0.3) is 36.8 Å². The van der Waals surface area contributed by atoms with Crippen LogP contribution in [0.3, 0.4) is 0 Å². The maximum Gasteiger partial charge on any atom is 0.213 e. The quantitative estimate of drug-likeness (QED) is 0.121. The predicted molar refractivity (Wildman–Crippen MR) is 272 cm³/mol. The fourth-order valence-electron chi connectivity index (χ4n) is 8.38. The molecule has 9 aromatic rings. The molecule has 0 amide bonds. The average Bonchev–Trinajstić information content (AvgIpc) is 4.00. The molecule has 0 atom stereocenters. The summed E-state index contributed by atoms with van der Waals surface area (Å²) in [4.78, 5) is 17.5. The van der Waals surface area contributed by atoms with Gasteiger partial charge in [0.1, 0.15) is 28.8 Å². The molecule has 68 heavy (non-hydrogen) atoms. The minimum absolute atomic E-state index is 0.112. The molecule has 4 aromatic heterocycles. The summed E-state index contributed by atoms with van der Waals surface area (Å²) in [5.74, 6) is 0.995. The molecule has 0 radical (unpaired) electrons. The van der Waals surface area contributed by atoms with Gasteiger partial charge >= 0.3 is 0 Å². The van der Waals surface area contributed by atoms with Gasteiger partial charge in [-0.15, -0.1) is 10.2 Å². The van der Waals surface area contributed by atoms with E-state index in [0.717, 1.165) is 55.7 Å². The molecule has 0 unspecified atom stereocenters. The van der Waals surface area contributed by atoms with Gasteiger partial charge in [0.15, 0.2) is 36.4 Å². The molecule has 0 fully saturated rings. The number of nitrogens with zero attached hydrogens (tertiary/aromatic N) is 9. The predicted octanol–water partition coefficient (Wildman–Crippen LogP) is 12.6. The molecular formula is C50H44N10O4S4. The van der Waals surface area contributed by atoms with E-state index in [2.05, 4.69) is 35.7 Å². The summed E-state index contributed by atoms with van der Waals surface area (Å²) >= 11 is 2.69. The molecule has 0 saturated carbocycles. The Bertz CT molecular complexity index is 3790. The number of sulfone groups is 2. The fraction of sp³-hybridized carbons (Fsp3) is 0.180. The number of rotatable bonds is 11.